The Bertz CT molecular complexity index is 661. The van der Waals surface area contributed by atoms with Crippen molar-refractivity contribution >= 4 is 23.2 Å². The van der Waals surface area contributed by atoms with Crippen LogP contribution in [0.5, 0.6) is 11.5 Å². The summed E-state index contributed by atoms with van der Waals surface area (Å²) in [7, 11) is 0. The fraction of sp³-hybridized carbons (Fsp3) is 0.529. The Hall–Kier alpha value is -2.44. The second-order valence-electron chi connectivity index (χ2n) is 6.37. The highest BCUT2D eigenvalue weighted by Crippen LogP contribution is 2.38. The molecular weight excluding hydrogens is 310 g/mol. The molecule has 0 saturated carbocycles. The average Bonchev–Trinajstić information content (AvgIpc) is 3.14. The summed E-state index contributed by atoms with van der Waals surface area (Å²) in [6, 6.07) is 3.45. The van der Waals surface area contributed by atoms with Crippen LogP contribution in [0.2, 0.25) is 0 Å². The van der Waals surface area contributed by atoms with Crippen molar-refractivity contribution in [2.24, 2.45) is 5.92 Å². The van der Waals surface area contributed by atoms with E-state index < -0.39 is 0 Å². The maximum Gasteiger partial charge on any atom is 0.231 e. The van der Waals surface area contributed by atoms with E-state index in [0.717, 1.165) is 12.8 Å². The van der Waals surface area contributed by atoms with Crippen LogP contribution in [0.3, 0.4) is 0 Å². The minimum Gasteiger partial charge on any atom is -0.454 e. The van der Waals surface area contributed by atoms with Gasteiger partial charge in [-0.1, -0.05) is 13.3 Å². The SMILES string of the molecule is CCCC(C)N1CC(C(=O)Nc2cc3c(cc2N)OCO3)CC1=O. The molecular formula is C17H23N3O4. The summed E-state index contributed by atoms with van der Waals surface area (Å²) in [4.78, 5) is 26.5. The second-order valence-corrected chi connectivity index (χ2v) is 6.37. The number of carbonyl (C=O) groups is 2. The van der Waals surface area contributed by atoms with E-state index in [9.17, 15) is 9.59 Å². The number of nitrogens with two attached hydrogens (primary N) is 1. The number of nitrogens with zero attached hydrogens (tertiary/aromatic N) is 1. The van der Waals surface area contributed by atoms with Crippen molar-refractivity contribution in [1.29, 1.82) is 0 Å². The molecule has 2 heterocycles. The predicted octanol–water partition coefficient (Wildman–Crippen LogP) is 1.97. The van der Waals surface area contributed by atoms with Crippen LogP contribution in [0.1, 0.15) is 33.1 Å². The van der Waals surface area contributed by atoms with Gasteiger partial charge in [0.2, 0.25) is 18.6 Å². The highest BCUT2D eigenvalue weighted by Gasteiger charge is 2.36. The molecule has 7 nitrogen and oxygen atoms in total. The molecule has 2 aliphatic heterocycles. The van der Waals surface area contributed by atoms with Gasteiger partial charge in [-0.05, 0) is 13.3 Å². The van der Waals surface area contributed by atoms with E-state index in [1.807, 2.05) is 6.92 Å². The fourth-order valence-electron chi connectivity index (χ4n) is 3.21. The minimum absolute atomic E-state index is 0.0368. The smallest absolute Gasteiger partial charge is 0.231 e. The van der Waals surface area contributed by atoms with Gasteiger partial charge in [0.15, 0.2) is 11.5 Å². The molecule has 1 aromatic carbocycles. The Labute approximate surface area is 141 Å². The molecule has 1 saturated heterocycles. The Kier molecular flexibility index (Phi) is 4.51. The number of fused-ring (bicyclic) bond motifs is 1. The molecule has 1 aromatic rings. The first-order chi connectivity index (χ1) is 11.5. The van der Waals surface area contributed by atoms with Gasteiger partial charge < -0.3 is 25.4 Å². The van der Waals surface area contributed by atoms with Crippen LogP contribution in [-0.4, -0.2) is 36.1 Å². The molecule has 0 aliphatic carbocycles. The molecule has 2 unspecified atom stereocenters. The number of carbonyl (C=O) groups excluding carboxylic acids is 2. The van der Waals surface area contributed by atoms with Crippen molar-refractivity contribution in [3.63, 3.8) is 0 Å². The Morgan fingerprint density at radius 3 is 2.83 bits per heavy atom. The average molecular weight is 333 g/mol. The van der Waals surface area contributed by atoms with Crippen LogP contribution in [0.25, 0.3) is 0 Å². The maximum atomic E-state index is 12.5. The molecule has 0 bridgehead atoms. The summed E-state index contributed by atoms with van der Waals surface area (Å²) in [5.74, 6) is 0.609. The summed E-state index contributed by atoms with van der Waals surface area (Å²) >= 11 is 0. The van der Waals surface area contributed by atoms with Crippen molar-refractivity contribution in [1.82, 2.24) is 4.90 Å². The van der Waals surface area contributed by atoms with E-state index in [1.165, 1.54) is 0 Å². The lowest BCUT2D eigenvalue weighted by Gasteiger charge is -2.24. The third-order valence-corrected chi connectivity index (χ3v) is 4.57. The van der Waals surface area contributed by atoms with Gasteiger partial charge in [0.05, 0.1) is 17.3 Å². The Morgan fingerprint density at radius 2 is 2.12 bits per heavy atom. The van der Waals surface area contributed by atoms with Gasteiger partial charge in [-0.3, -0.25) is 9.59 Å². The van der Waals surface area contributed by atoms with Crippen molar-refractivity contribution < 1.29 is 19.1 Å². The van der Waals surface area contributed by atoms with Crippen LogP contribution >= 0.6 is 0 Å². The van der Waals surface area contributed by atoms with Gasteiger partial charge in [-0.15, -0.1) is 0 Å². The van der Waals surface area contributed by atoms with E-state index in [1.54, 1.807) is 17.0 Å². The zero-order valence-corrected chi connectivity index (χ0v) is 14.0. The van der Waals surface area contributed by atoms with Crippen LogP contribution in [0.4, 0.5) is 11.4 Å². The maximum absolute atomic E-state index is 12.5. The number of nitrogens with one attached hydrogen (secondary N) is 1. The standard InChI is InChI=1S/C17H23N3O4/c1-3-4-10(2)20-8-11(5-16(20)21)17(22)19-13-7-15-14(6-12(13)18)23-9-24-15/h6-7,10-11H,3-5,8-9,18H2,1-2H3,(H,19,22). The summed E-state index contributed by atoms with van der Waals surface area (Å²) < 4.78 is 10.6. The largest absolute Gasteiger partial charge is 0.454 e. The van der Waals surface area contributed by atoms with Crippen molar-refractivity contribution in [3.05, 3.63) is 12.1 Å². The molecule has 7 heteroatoms. The predicted molar refractivity (Wildman–Crippen MR) is 89.8 cm³/mol. The lowest BCUT2D eigenvalue weighted by atomic mass is 10.1. The molecule has 0 spiro atoms. The number of benzene rings is 1. The molecule has 1 fully saturated rings. The van der Waals surface area contributed by atoms with Crippen molar-refractivity contribution in [2.75, 3.05) is 24.4 Å². The number of rotatable bonds is 5. The first kappa shape index (κ1) is 16.4. The third kappa shape index (κ3) is 3.11. The normalized spacial score (nSPS) is 20.3. The third-order valence-electron chi connectivity index (χ3n) is 4.57. The fourth-order valence-corrected chi connectivity index (χ4v) is 3.21. The number of amides is 2. The van der Waals surface area contributed by atoms with Gasteiger partial charge in [-0.2, -0.15) is 0 Å². The summed E-state index contributed by atoms with van der Waals surface area (Å²) in [5, 5.41) is 2.82. The molecule has 2 aliphatic rings. The molecule has 0 aromatic heterocycles. The molecule has 3 rings (SSSR count). The summed E-state index contributed by atoms with van der Waals surface area (Å²) in [6.07, 6.45) is 2.19. The number of ether oxygens (including phenoxy) is 2. The highest BCUT2D eigenvalue weighted by molar-refractivity contribution is 5.99. The van der Waals surface area contributed by atoms with E-state index in [0.29, 0.717) is 29.4 Å². The number of nitrogen functional groups attached to an aromatic ring is 1. The molecule has 24 heavy (non-hydrogen) atoms. The van der Waals surface area contributed by atoms with Crippen molar-refractivity contribution in [2.45, 2.75) is 39.2 Å². The molecule has 0 radical (unpaired) electrons. The van der Waals surface area contributed by atoms with E-state index in [-0.39, 0.29) is 37.0 Å². The van der Waals surface area contributed by atoms with Crippen molar-refractivity contribution in [3.8, 4) is 11.5 Å². The van der Waals surface area contributed by atoms with Gasteiger partial charge >= 0.3 is 0 Å². The van der Waals surface area contributed by atoms with E-state index in [2.05, 4.69) is 12.2 Å². The van der Waals surface area contributed by atoms with E-state index in [4.69, 9.17) is 15.2 Å². The molecule has 2 amide bonds. The molecule has 130 valence electrons. The van der Waals surface area contributed by atoms with Gasteiger partial charge in [0.1, 0.15) is 0 Å². The van der Waals surface area contributed by atoms with Gasteiger partial charge in [-0.25, -0.2) is 0 Å². The minimum atomic E-state index is -0.360. The van der Waals surface area contributed by atoms with Gasteiger partial charge in [0, 0.05) is 31.1 Å². The number of hydrogen-bond donors (Lipinski definition) is 2. The van der Waals surface area contributed by atoms with Crippen LogP contribution < -0.4 is 20.5 Å². The van der Waals surface area contributed by atoms with Crippen LogP contribution in [-0.2, 0) is 9.59 Å². The molecule has 3 N–H and O–H groups in total. The Balaban J connectivity index is 1.67. The summed E-state index contributed by atoms with van der Waals surface area (Å²) in [6.45, 7) is 4.71. The van der Waals surface area contributed by atoms with E-state index >= 15 is 0 Å². The summed E-state index contributed by atoms with van der Waals surface area (Å²) in [5.41, 5.74) is 6.85. The number of likely N-dealkylation sites (tertiary alicyclic amines) is 1. The zero-order valence-electron chi connectivity index (χ0n) is 14.0. The van der Waals surface area contributed by atoms with Gasteiger partial charge in [0.25, 0.3) is 0 Å². The highest BCUT2D eigenvalue weighted by atomic mass is 16.7. The lowest BCUT2D eigenvalue weighted by Crippen LogP contribution is -2.35. The first-order valence-corrected chi connectivity index (χ1v) is 8.29. The lowest BCUT2D eigenvalue weighted by molar-refractivity contribution is -0.129. The number of hydrogen-bond acceptors (Lipinski definition) is 5. The number of anilines is 2. The second kappa shape index (κ2) is 6.59. The quantitative estimate of drug-likeness (QED) is 0.804. The first-order valence-electron chi connectivity index (χ1n) is 8.29. The monoisotopic (exact) mass is 333 g/mol. The topological polar surface area (TPSA) is 93.9 Å². The Morgan fingerprint density at radius 1 is 1.42 bits per heavy atom. The van der Waals surface area contributed by atoms with Crippen LogP contribution in [0, 0.1) is 5.92 Å². The zero-order chi connectivity index (χ0) is 17.3. The van der Waals surface area contributed by atoms with Crippen LogP contribution in [0.15, 0.2) is 12.1 Å². The molecule has 2 atom stereocenters.